The second-order valence-corrected chi connectivity index (χ2v) is 4.65. The van der Waals surface area contributed by atoms with E-state index in [2.05, 4.69) is 32.7 Å². The van der Waals surface area contributed by atoms with Crippen molar-refractivity contribution in [2.45, 2.75) is 51.1 Å². The van der Waals surface area contributed by atoms with Crippen LogP contribution in [0, 0.1) is 0 Å². The zero-order valence-corrected chi connectivity index (χ0v) is 8.85. The van der Waals surface area contributed by atoms with E-state index in [0.29, 0.717) is 11.1 Å². The molecule has 0 aliphatic heterocycles. The zero-order valence-electron chi connectivity index (χ0n) is 8.85. The molecule has 1 rings (SSSR count). The summed E-state index contributed by atoms with van der Waals surface area (Å²) < 4.78 is 0. The Balaban J connectivity index is 2.63. The largest absolute Gasteiger partial charge is 0.329 e. The first-order valence-corrected chi connectivity index (χ1v) is 4.92. The summed E-state index contributed by atoms with van der Waals surface area (Å²) in [4.78, 5) is 2.47. The van der Waals surface area contributed by atoms with Crippen molar-refractivity contribution in [1.29, 1.82) is 0 Å². The lowest BCUT2D eigenvalue weighted by Gasteiger charge is -2.41. The minimum absolute atomic E-state index is 0.301. The highest BCUT2D eigenvalue weighted by Gasteiger charge is 2.48. The predicted molar refractivity (Wildman–Crippen MR) is 53.2 cm³/mol. The predicted octanol–water partition coefficient (Wildman–Crippen LogP) is 1.60. The molecule has 0 aromatic rings. The molecule has 1 saturated carbocycles. The maximum absolute atomic E-state index is 5.78. The molecular weight excluding hydrogens is 148 g/mol. The first-order valence-electron chi connectivity index (χ1n) is 4.92. The summed E-state index contributed by atoms with van der Waals surface area (Å²) >= 11 is 0. The first kappa shape index (κ1) is 10.0. The molecular formula is C10H22N2. The lowest BCUT2D eigenvalue weighted by atomic mass is 9.97. The second-order valence-electron chi connectivity index (χ2n) is 4.65. The SMILES string of the molecule is CCC(C)(C)N(C)C1(CN)CC1. The summed E-state index contributed by atoms with van der Waals surface area (Å²) in [5.41, 5.74) is 6.43. The summed E-state index contributed by atoms with van der Waals surface area (Å²) in [7, 11) is 2.21. The number of hydrogen-bond donors (Lipinski definition) is 1. The summed E-state index contributed by atoms with van der Waals surface area (Å²) in [6.45, 7) is 7.64. The summed E-state index contributed by atoms with van der Waals surface area (Å²) in [6, 6.07) is 0. The summed E-state index contributed by atoms with van der Waals surface area (Å²) in [5.74, 6) is 0. The Hall–Kier alpha value is -0.0800. The van der Waals surface area contributed by atoms with E-state index in [9.17, 15) is 0 Å². The molecule has 2 nitrogen and oxygen atoms in total. The number of nitrogens with zero attached hydrogens (tertiary/aromatic N) is 1. The van der Waals surface area contributed by atoms with Gasteiger partial charge in [-0.05, 0) is 40.2 Å². The third-order valence-electron chi connectivity index (χ3n) is 3.69. The number of hydrogen-bond acceptors (Lipinski definition) is 2. The molecule has 0 aromatic carbocycles. The topological polar surface area (TPSA) is 29.3 Å². The van der Waals surface area contributed by atoms with Crippen LogP contribution in [0.4, 0.5) is 0 Å². The van der Waals surface area contributed by atoms with Crippen LogP contribution in [0.3, 0.4) is 0 Å². The highest BCUT2D eigenvalue weighted by atomic mass is 15.3. The molecule has 72 valence electrons. The fourth-order valence-electron chi connectivity index (χ4n) is 1.70. The molecule has 1 aliphatic rings. The van der Waals surface area contributed by atoms with Crippen molar-refractivity contribution in [3.05, 3.63) is 0 Å². The Morgan fingerprint density at radius 2 is 1.92 bits per heavy atom. The lowest BCUT2D eigenvalue weighted by Crippen LogP contribution is -2.51. The Labute approximate surface area is 76.1 Å². The summed E-state index contributed by atoms with van der Waals surface area (Å²) in [6.07, 6.45) is 3.75. The molecule has 1 aliphatic carbocycles. The van der Waals surface area contributed by atoms with Gasteiger partial charge in [-0.15, -0.1) is 0 Å². The normalized spacial score (nSPS) is 21.5. The van der Waals surface area contributed by atoms with Crippen LogP contribution < -0.4 is 5.73 Å². The van der Waals surface area contributed by atoms with E-state index in [1.54, 1.807) is 0 Å². The lowest BCUT2D eigenvalue weighted by molar-refractivity contribution is 0.0863. The minimum Gasteiger partial charge on any atom is -0.329 e. The molecule has 0 unspecified atom stereocenters. The quantitative estimate of drug-likeness (QED) is 0.694. The van der Waals surface area contributed by atoms with Gasteiger partial charge in [0.1, 0.15) is 0 Å². The van der Waals surface area contributed by atoms with Crippen LogP contribution in [0.25, 0.3) is 0 Å². The molecule has 0 saturated heterocycles. The highest BCUT2D eigenvalue weighted by molar-refractivity contribution is 5.07. The molecule has 0 atom stereocenters. The highest BCUT2D eigenvalue weighted by Crippen LogP contribution is 2.43. The standard InChI is InChI=1S/C10H22N2/c1-5-9(2,3)12(4)10(8-11)6-7-10/h5-8,11H2,1-4H3. The van der Waals surface area contributed by atoms with Gasteiger partial charge in [0.25, 0.3) is 0 Å². The van der Waals surface area contributed by atoms with E-state index in [0.717, 1.165) is 6.54 Å². The fraction of sp³-hybridized carbons (Fsp3) is 1.00. The molecule has 0 bridgehead atoms. The number of rotatable bonds is 4. The van der Waals surface area contributed by atoms with Crippen LogP contribution >= 0.6 is 0 Å². The Morgan fingerprint density at radius 1 is 1.42 bits per heavy atom. The van der Waals surface area contributed by atoms with Crippen LogP contribution in [0.15, 0.2) is 0 Å². The molecule has 0 spiro atoms. The molecule has 2 heteroatoms. The molecule has 0 radical (unpaired) electrons. The fourth-order valence-corrected chi connectivity index (χ4v) is 1.70. The van der Waals surface area contributed by atoms with Gasteiger partial charge in [-0.2, -0.15) is 0 Å². The maximum atomic E-state index is 5.78. The van der Waals surface area contributed by atoms with Gasteiger partial charge in [0.05, 0.1) is 0 Å². The van der Waals surface area contributed by atoms with Gasteiger partial charge in [0.2, 0.25) is 0 Å². The van der Waals surface area contributed by atoms with Crippen molar-refractivity contribution in [3.63, 3.8) is 0 Å². The third kappa shape index (κ3) is 1.50. The smallest absolute Gasteiger partial charge is 0.0335 e. The van der Waals surface area contributed by atoms with E-state index >= 15 is 0 Å². The van der Waals surface area contributed by atoms with E-state index < -0.39 is 0 Å². The molecule has 0 aromatic heterocycles. The third-order valence-corrected chi connectivity index (χ3v) is 3.69. The molecule has 0 heterocycles. The maximum Gasteiger partial charge on any atom is 0.0335 e. The molecule has 0 amide bonds. The monoisotopic (exact) mass is 170 g/mol. The van der Waals surface area contributed by atoms with Crippen LogP contribution in [-0.2, 0) is 0 Å². The van der Waals surface area contributed by atoms with Crippen molar-refractivity contribution in [1.82, 2.24) is 4.90 Å². The average molecular weight is 170 g/mol. The second kappa shape index (κ2) is 3.00. The van der Waals surface area contributed by atoms with Gasteiger partial charge in [-0.1, -0.05) is 6.92 Å². The molecule has 1 fully saturated rings. The van der Waals surface area contributed by atoms with E-state index in [1.807, 2.05) is 0 Å². The van der Waals surface area contributed by atoms with Crippen LogP contribution in [0.5, 0.6) is 0 Å². The van der Waals surface area contributed by atoms with E-state index in [1.165, 1.54) is 19.3 Å². The van der Waals surface area contributed by atoms with E-state index in [4.69, 9.17) is 5.73 Å². The zero-order chi connectivity index (χ0) is 9.41. The van der Waals surface area contributed by atoms with Gasteiger partial charge >= 0.3 is 0 Å². The minimum atomic E-state index is 0.301. The van der Waals surface area contributed by atoms with Crippen molar-refractivity contribution >= 4 is 0 Å². The Kier molecular flexibility index (Phi) is 2.50. The summed E-state index contributed by atoms with van der Waals surface area (Å²) in [5, 5.41) is 0. The van der Waals surface area contributed by atoms with Crippen LogP contribution in [-0.4, -0.2) is 29.6 Å². The van der Waals surface area contributed by atoms with Gasteiger partial charge in [-0.25, -0.2) is 0 Å². The van der Waals surface area contributed by atoms with Crippen LogP contribution in [0.2, 0.25) is 0 Å². The molecule has 12 heavy (non-hydrogen) atoms. The van der Waals surface area contributed by atoms with Crippen molar-refractivity contribution in [2.75, 3.05) is 13.6 Å². The van der Waals surface area contributed by atoms with Gasteiger partial charge in [-0.3, -0.25) is 4.90 Å². The van der Waals surface area contributed by atoms with Crippen molar-refractivity contribution in [2.24, 2.45) is 5.73 Å². The Bertz CT molecular complexity index is 153. The first-order chi connectivity index (χ1) is 5.48. The van der Waals surface area contributed by atoms with Gasteiger partial charge in [0.15, 0.2) is 0 Å². The van der Waals surface area contributed by atoms with Crippen molar-refractivity contribution in [3.8, 4) is 0 Å². The van der Waals surface area contributed by atoms with Gasteiger partial charge < -0.3 is 5.73 Å². The molecule has 2 N–H and O–H groups in total. The number of likely N-dealkylation sites (N-methyl/N-ethyl adjacent to an activating group) is 1. The average Bonchev–Trinajstić information content (AvgIpc) is 2.83. The van der Waals surface area contributed by atoms with E-state index in [-0.39, 0.29) is 0 Å². The number of nitrogens with two attached hydrogens (primary N) is 1. The van der Waals surface area contributed by atoms with Gasteiger partial charge in [0, 0.05) is 17.6 Å². The van der Waals surface area contributed by atoms with Crippen molar-refractivity contribution < 1.29 is 0 Å². The van der Waals surface area contributed by atoms with Crippen LogP contribution in [0.1, 0.15) is 40.0 Å². The Morgan fingerprint density at radius 3 is 2.17 bits per heavy atom.